The second-order valence-electron chi connectivity index (χ2n) is 5.37. The molecule has 4 nitrogen and oxygen atoms in total. The van der Waals surface area contributed by atoms with E-state index >= 15 is 0 Å². The van der Waals surface area contributed by atoms with Gasteiger partial charge in [-0.25, -0.2) is 0 Å². The van der Waals surface area contributed by atoms with Crippen LogP contribution in [0.2, 0.25) is 0 Å². The summed E-state index contributed by atoms with van der Waals surface area (Å²) >= 11 is 0. The minimum absolute atomic E-state index is 0.479. The molecule has 1 N–H and O–H groups in total. The maximum atomic E-state index is 5.64. The average molecular weight is 265 g/mol. The highest BCUT2D eigenvalue weighted by Crippen LogP contribution is 2.02. The summed E-state index contributed by atoms with van der Waals surface area (Å²) in [6, 6.07) is 6.59. The fourth-order valence-corrected chi connectivity index (χ4v) is 1.68. The van der Waals surface area contributed by atoms with Gasteiger partial charge in [-0.1, -0.05) is 19.9 Å². The van der Waals surface area contributed by atoms with Crippen LogP contribution >= 0.6 is 0 Å². The molecule has 0 saturated heterocycles. The van der Waals surface area contributed by atoms with E-state index in [9.17, 15) is 0 Å². The number of nitrogens with zero attached hydrogens (tertiary/aromatic N) is 2. The average Bonchev–Trinajstić information content (AvgIpc) is 2.36. The van der Waals surface area contributed by atoms with Crippen molar-refractivity contribution in [2.24, 2.45) is 0 Å². The maximum absolute atomic E-state index is 5.64. The first-order valence-electron chi connectivity index (χ1n) is 6.98. The second kappa shape index (κ2) is 9.02. The molecule has 0 aliphatic heterocycles. The van der Waals surface area contributed by atoms with Gasteiger partial charge >= 0.3 is 0 Å². The van der Waals surface area contributed by atoms with Crippen molar-refractivity contribution in [2.45, 2.75) is 39.5 Å². The molecule has 0 atom stereocenters. The zero-order valence-electron chi connectivity index (χ0n) is 12.6. The van der Waals surface area contributed by atoms with Gasteiger partial charge in [-0.15, -0.1) is 0 Å². The first kappa shape index (κ1) is 16.1. The Bertz CT molecular complexity index is 353. The summed E-state index contributed by atoms with van der Waals surface area (Å²) in [5, 5.41) is 3.37. The Morgan fingerprint density at radius 1 is 1.26 bits per heavy atom. The zero-order chi connectivity index (χ0) is 14.1. The third-order valence-electron chi connectivity index (χ3n) is 2.70. The van der Waals surface area contributed by atoms with Crippen molar-refractivity contribution in [2.75, 3.05) is 27.2 Å². The lowest BCUT2D eigenvalue weighted by molar-refractivity contribution is 0.110. The number of ether oxygens (including phenoxy) is 1. The van der Waals surface area contributed by atoms with Crippen LogP contribution in [-0.2, 0) is 17.9 Å². The highest BCUT2D eigenvalue weighted by Gasteiger charge is 2.00. The van der Waals surface area contributed by atoms with Crippen molar-refractivity contribution in [1.29, 1.82) is 0 Å². The summed E-state index contributed by atoms with van der Waals surface area (Å²) in [4.78, 5) is 6.75. The van der Waals surface area contributed by atoms with Crippen LogP contribution in [0.5, 0.6) is 0 Å². The summed E-state index contributed by atoms with van der Waals surface area (Å²) in [5.74, 6) is 0. The molecular formula is C15H27N3O. The Hall–Kier alpha value is -0.970. The van der Waals surface area contributed by atoms with Gasteiger partial charge in [-0.05, 0) is 39.2 Å². The number of nitrogens with one attached hydrogen (secondary N) is 1. The number of pyridine rings is 1. The van der Waals surface area contributed by atoms with Gasteiger partial charge in [-0.3, -0.25) is 4.98 Å². The highest BCUT2D eigenvalue weighted by atomic mass is 16.5. The molecule has 19 heavy (non-hydrogen) atoms. The van der Waals surface area contributed by atoms with E-state index in [1.807, 2.05) is 18.2 Å². The molecular weight excluding hydrogens is 238 g/mol. The summed E-state index contributed by atoms with van der Waals surface area (Å²) in [7, 11) is 4.15. The molecule has 0 saturated carbocycles. The Balaban J connectivity index is 2.27. The van der Waals surface area contributed by atoms with Crippen LogP contribution in [-0.4, -0.2) is 43.2 Å². The lowest BCUT2D eigenvalue weighted by atomic mass is 10.3. The van der Waals surface area contributed by atoms with Crippen LogP contribution < -0.4 is 5.32 Å². The highest BCUT2D eigenvalue weighted by molar-refractivity contribution is 5.10. The van der Waals surface area contributed by atoms with E-state index in [1.54, 1.807) is 0 Å². The van der Waals surface area contributed by atoms with Crippen molar-refractivity contribution < 1.29 is 4.74 Å². The Labute approximate surface area is 117 Å². The number of rotatable bonds is 9. The lowest BCUT2D eigenvalue weighted by Gasteiger charge is -2.10. The quantitative estimate of drug-likeness (QED) is 0.693. The lowest BCUT2D eigenvalue weighted by Crippen LogP contribution is -2.22. The van der Waals surface area contributed by atoms with E-state index < -0.39 is 0 Å². The molecule has 108 valence electrons. The zero-order valence-corrected chi connectivity index (χ0v) is 12.6. The van der Waals surface area contributed by atoms with E-state index in [1.165, 1.54) is 0 Å². The third kappa shape index (κ3) is 7.93. The molecule has 1 heterocycles. The third-order valence-corrected chi connectivity index (χ3v) is 2.70. The molecule has 1 aromatic heterocycles. The van der Waals surface area contributed by atoms with Crippen LogP contribution in [0, 0.1) is 0 Å². The van der Waals surface area contributed by atoms with Crippen molar-refractivity contribution in [3.8, 4) is 0 Å². The van der Waals surface area contributed by atoms with Gasteiger partial charge in [0.05, 0.1) is 18.0 Å². The van der Waals surface area contributed by atoms with Crippen LogP contribution in [0.4, 0.5) is 0 Å². The SMILES string of the molecule is CC(C)NCc1cccc(COCCCN(C)C)n1. The predicted molar refractivity (Wildman–Crippen MR) is 79.0 cm³/mol. The molecule has 0 amide bonds. The number of aromatic nitrogens is 1. The smallest absolute Gasteiger partial charge is 0.0887 e. The van der Waals surface area contributed by atoms with E-state index in [4.69, 9.17) is 4.74 Å². The summed E-state index contributed by atoms with van der Waals surface area (Å²) in [5.41, 5.74) is 2.08. The summed E-state index contributed by atoms with van der Waals surface area (Å²) in [6.45, 7) is 7.53. The number of hydrogen-bond donors (Lipinski definition) is 1. The normalized spacial score (nSPS) is 11.5. The van der Waals surface area contributed by atoms with E-state index in [2.05, 4.69) is 43.1 Å². The van der Waals surface area contributed by atoms with Crippen LogP contribution in [0.3, 0.4) is 0 Å². The Morgan fingerprint density at radius 3 is 2.68 bits per heavy atom. The molecule has 0 fully saturated rings. The first-order valence-corrected chi connectivity index (χ1v) is 6.98. The predicted octanol–water partition coefficient (Wildman–Crippen LogP) is 2.05. The van der Waals surface area contributed by atoms with Gasteiger partial charge in [0.15, 0.2) is 0 Å². The minimum Gasteiger partial charge on any atom is -0.375 e. The molecule has 0 unspecified atom stereocenters. The van der Waals surface area contributed by atoms with E-state index in [-0.39, 0.29) is 0 Å². The Morgan fingerprint density at radius 2 is 2.00 bits per heavy atom. The van der Waals surface area contributed by atoms with Crippen molar-refractivity contribution in [1.82, 2.24) is 15.2 Å². The Kier molecular flexibility index (Phi) is 7.63. The van der Waals surface area contributed by atoms with Crippen molar-refractivity contribution in [3.05, 3.63) is 29.6 Å². The van der Waals surface area contributed by atoms with E-state index in [0.717, 1.165) is 37.5 Å². The second-order valence-corrected chi connectivity index (χ2v) is 5.37. The van der Waals surface area contributed by atoms with Crippen LogP contribution in [0.1, 0.15) is 31.7 Å². The summed E-state index contributed by atoms with van der Waals surface area (Å²) in [6.07, 6.45) is 1.06. The van der Waals surface area contributed by atoms with Gasteiger partial charge in [-0.2, -0.15) is 0 Å². The maximum Gasteiger partial charge on any atom is 0.0887 e. The van der Waals surface area contributed by atoms with E-state index in [0.29, 0.717) is 12.6 Å². The van der Waals surface area contributed by atoms with Crippen LogP contribution in [0.15, 0.2) is 18.2 Å². The molecule has 4 heteroatoms. The van der Waals surface area contributed by atoms with Crippen LogP contribution in [0.25, 0.3) is 0 Å². The van der Waals surface area contributed by atoms with Gasteiger partial charge in [0.1, 0.15) is 0 Å². The van der Waals surface area contributed by atoms with Gasteiger partial charge in [0, 0.05) is 19.2 Å². The molecule has 0 aliphatic carbocycles. The fraction of sp³-hybridized carbons (Fsp3) is 0.667. The molecule has 0 bridgehead atoms. The summed E-state index contributed by atoms with van der Waals surface area (Å²) < 4.78 is 5.64. The number of hydrogen-bond acceptors (Lipinski definition) is 4. The molecule has 0 radical (unpaired) electrons. The molecule has 0 aliphatic rings. The monoisotopic (exact) mass is 265 g/mol. The largest absolute Gasteiger partial charge is 0.375 e. The van der Waals surface area contributed by atoms with Gasteiger partial charge < -0.3 is 15.0 Å². The van der Waals surface area contributed by atoms with Gasteiger partial charge in [0.2, 0.25) is 0 Å². The fourth-order valence-electron chi connectivity index (χ4n) is 1.68. The minimum atomic E-state index is 0.479. The van der Waals surface area contributed by atoms with Crippen molar-refractivity contribution >= 4 is 0 Å². The van der Waals surface area contributed by atoms with Crippen molar-refractivity contribution in [3.63, 3.8) is 0 Å². The molecule has 0 spiro atoms. The van der Waals surface area contributed by atoms with Gasteiger partial charge in [0.25, 0.3) is 0 Å². The first-order chi connectivity index (χ1) is 9.08. The molecule has 0 aromatic carbocycles. The topological polar surface area (TPSA) is 37.4 Å². The standard InChI is InChI=1S/C15H27N3O/c1-13(2)16-11-14-7-5-8-15(17-14)12-19-10-6-9-18(3)4/h5,7-8,13,16H,6,9-12H2,1-4H3. The molecule has 1 aromatic rings. The molecule has 1 rings (SSSR count).